The van der Waals surface area contributed by atoms with E-state index in [0.29, 0.717) is 5.92 Å². The van der Waals surface area contributed by atoms with E-state index in [0.717, 1.165) is 31.8 Å². The third-order valence-electron chi connectivity index (χ3n) is 5.30. The van der Waals surface area contributed by atoms with Crippen LogP contribution in [0.5, 0.6) is 0 Å². The Morgan fingerprint density at radius 2 is 2.20 bits per heavy atom. The first-order valence-corrected chi connectivity index (χ1v) is 7.60. The summed E-state index contributed by atoms with van der Waals surface area (Å²) in [6, 6.07) is 0.449. The number of rotatable bonds is 3. The van der Waals surface area contributed by atoms with Gasteiger partial charge in [-0.15, -0.1) is 0 Å². The van der Waals surface area contributed by atoms with Crippen molar-refractivity contribution in [1.82, 2.24) is 9.80 Å². The molecule has 0 aromatic carbocycles. The van der Waals surface area contributed by atoms with Crippen molar-refractivity contribution in [1.29, 1.82) is 0 Å². The summed E-state index contributed by atoms with van der Waals surface area (Å²) in [7, 11) is 0. The fraction of sp³-hybridized carbons (Fsp3) is 0.800. The van der Waals surface area contributed by atoms with Gasteiger partial charge in [0.1, 0.15) is 0 Å². The molecule has 0 bridgehead atoms. The molecule has 3 N–H and O–H groups in total. The number of amides is 1. The highest BCUT2D eigenvalue weighted by molar-refractivity contribution is 5.89. The van der Waals surface area contributed by atoms with E-state index in [-0.39, 0.29) is 23.9 Å². The quantitative estimate of drug-likeness (QED) is 0.722. The van der Waals surface area contributed by atoms with Crippen molar-refractivity contribution in [3.05, 3.63) is 11.3 Å². The lowest BCUT2D eigenvalue weighted by molar-refractivity contribution is -0.159. The minimum atomic E-state index is -0.557. The zero-order chi connectivity index (χ0) is 14.6. The summed E-state index contributed by atoms with van der Waals surface area (Å²) < 4.78 is 0. The van der Waals surface area contributed by atoms with Crippen LogP contribution in [0.3, 0.4) is 0 Å². The molecule has 5 atom stereocenters. The van der Waals surface area contributed by atoms with Crippen LogP contribution in [-0.4, -0.2) is 58.6 Å². The van der Waals surface area contributed by atoms with E-state index in [2.05, 4.69) is 11.8 Å². The van der Waals surface area contributed by atoms with Gasteiger partial charge >= 0.3 is 0 Å². The van der Waals surface area contributed by atoms with Gasteiger partial charge in [0.2, 0.25) is 5.91 Å². The maximum Gasteiger partial charge on any atom is 0.234 e. The Labute approximate surface area is 120 Å². The lowest BCUT2D eigenvalue weighted by Gasteiger charge is -2.47. The molecule has 0 aromatic rings. The van der Waals surface area contributed by atoms with Crippen LogP contribution in [0.25, 0.3) is 0 Å². The highest BCUT2D eigenvalue weighted by atomic mass is 16.3. The van der Waals surface area contributed by atoms with Crippen molar-refractivity contribution in [2.24, 2.45) is 17.6 Å². The molecular weight excluding hydrogens is 254 g/mol. The lowest BCUT2D eigenvalue weighted by Crippen LogP contribution is -2.62. The third kappa shape index (κ3) is 1.91. The van der Waals surface area contributed by atoms with Crippen molar-refractivity contribution < 1.29 is 9.90 Å². The number of aliphatic hydroxyl groups excluding tert-OH is 1. The van der Waals surface area contributed by atoms with Crippen molar-refractivity contribution >= 4 is 5.91 Å². The van der Waals surface area contributed by atoms with Gasteiger partial charge in [-0.2, -0.15) is 0 Å². The number of hydrogen-bond acceptors (Lipinski definition) is 4. The Morgan fingerprint density at radius 3 is 2.75 bits per heavy atom. The molecule has 2 saturated heterocycles. The molecule has 3 aliphatic rings. The number of carbonyl (C=O) groups excluding carboxylic acids is 1. The topological polar surface area (TPSA) is 69.8 Å². The molecule has 1 amide bonds. The van der Waals surface area contributed by atoms with Crippen LogP contribution in [0.2, 0.25) is 0 Å². The first-order chi connectivity index (χ1) is 9.41. The van der Waals surface area contributed by atoms with Gasteiger partial charge in [-0.05, 0) is 25.8 Å². The monoisotopic (exact) mass is 279 g/mol. The SMILES string of the molecule is CC1=C(CN2CCC(N)C2)C(C)C2C(C(C)O)C(=O)N12. The summed E-state index contributed by atoms with van der Waals surface area (Å²) in [6.07, 6.45) is 0.502. The van der Waals surface area contributed by atoms with E-state index in [1.165, 1.54) is 5.57 Å². The molecule has 20 heavy (non-hydrogen) atoms. The number of fused-ring (bicyclic) bond motifs is 1. The molecule has 5 nitrogen and oxygen atoms in total. The van der Waals surface area contributed by atoms with E-state index < -0.39 is 6.10 Å². The van der Waals surface area contributed by atoms with Crippen LogP contribution >= 0.6 is 0 Å². The van der Waals surface area contributed by atoms with Crippen LogP contribution in [-0.2, 0) is 4.79 Å². The van der Waals surface area contributed by atoms with Gasteiger partial charge in [-0.25, -0.2) is 0 Å². The van der Waals surface area contributed by atoms with Gasteiger partial charge in [0, 0.05) is 37.3 Å². The van der Waals surface area contributed by atoms with E-state index in [9.17, 15) is 9.90 Å². The average Bonchev–Trinajstić information content (AvgIpc) is 2.84. The minimum Gasteiger partial charge on any atom is -0.393 e. The van der Waals surface area contributed by atoms with Crippen molar-refractivity contribution in [3.63, 3.8) is 0 Å². The molecule has 0 radical (unpaired) electrons. The molecule has 5 unspecified atom stereocenters. The molecule has 3 rings (SSSR count). The molecule has 3 aliphatic heterocycles. The van der Waals surface area contributed by atoms with Gasteiger partial charge < -0.3 is 15.7 Å². The second kappa shape index (κ2) is 4.83. The van der Waals surface area contributed by atoms with Crippen molar-refractivity contribution in [3.8, 4) is 0 Å². The number of nitrogens with two attached hydrogens (primary N) is 1. The largest absolute Gasteiger partial charge is 0.393 e. The summed E-state index contributed by atoms with van der Waals surface area (Å²) in [5, 5.41) is 9.81. The number of β-lactam (4-membered cyclic amide) rings is 1. The molecule has 2 fully saturated rings. The Morgan fingerprint density at radius 1 is 1.50 bits per heavy atom. The Hall–Kier alpha value is -0.910. The van der Waals surface area contributed by atoms with Gasteiger partial charge in [-0.1, -0.05) is 6.92 Å². The fourth-order valence-corrected chi connectivity index (χ4v) is 4.14. The van der Waals surface area contributed by atoms with Gasteiger partial charge in [0.25, 0.3) is 0 Å². The van der Waals surface area contributed by atoms with Crippen molar-refractivity contribution in [2.45, 2.75) is 45.4 Å². The Bertz CT molecular complexity index is 460. The summed E-state index contributed by atoms with van der Waals surface area (Å²) in [5.41, 5.74) is 8.41. The normalized spacial score (nSPS) is 39.2. The van der Waals surface area contributed by atoms with Gasteiger partial charge in [0.05, 0.1) is 18.1 Å². The van der Waals surface area contributed by atoms with Crippen LogP contribution in [0, 0.1) is 11.8 Å². The highest BCUT2D eigenvalue weighted by Crippen LogP contribution is 2.46. The maximum absolute atomic E-state index is 12.2. The summed E-state index contributed by atoms with van der Waals surface area (Å²) in [5.74, 6) is 0.199. The van der Waals surface area contributed by atoms with E-state index in [1.807, 2.05) is 11.8 Å². The first-order valence-electron chi connectivity index (χ1n) is 7.60. The summed E-state index contributed by atoms with van der Waals surface area (Å²) in [6.45, 7) is 8.84. The molecule has 112 valence electrons. The number of carbonyl (C=O) groups is 1. The van der Waals surface area contributed by atoms with E-state index in [1.54, 1.807) is 6.92 Å². The molecular formula is C15H25N3O2. The van der Waals surface area contributed by atoms with Crippen LogP contribution in [0.1, 0.15) is 27.2 Å². The number of allylic oxidation sites excluding steroid dienone is 1. The fourth-order valence-electron chi connectivity index (χ4n) is 4.14. The summed E-state index contributed by atoms with van der Waals surface area (Å²) in [4.78, 5) is 16.5. The van der Waals surface area contributed by atoms with E-state index >= 15 is 0 Å². The standard InChI is InChI=1S/C15H25N3O2/c1-8-12(7-17-5-4-11(16)6-17)9(2)18-14(8)13(10(3)19)15(18)20/h8,10-11,13-14,19H,4-7,16H2,1-3H3. The molecule has 0 aliphatic carbocycles. The third-order valence-corrected chi connectivity index (χ3v) is 5.30. The zero-order valence-corrected chi connectivity index (χ0v) is 12.5. The highest BCUT2D eigenvalue weighted by Gasteiger charge is 2.57. The minimum absolute atomic E-state index is 0.0856. The van der Waals surface area contributed by atoms with Gasteiger partial charge in [-0.3, -0.25) is 9.69 Å². The molecule has 3 heterocycles. The molecule has 0 aromatic heterocycles. The molecule has 5 heteroatoms. The predicted molar refractivity (Wildman–Crippen MR) is 76.7 cm³/mol. The maximum atomic E-state index is 12.2. The van der Waals surface area contributed by atoms with Crippen LogP contribution in [0.4, 0.5) is 0 Å². The number of aliphatic hydroxyl groups is 1. The zero-order valence-electron chi connectivity index (χ0n) is 12.5. The lowest BCUT2D eigenvalue weighted by atomic mass is 9.77. The predicted octanol–water partition coefficient (Wildman–Crippen LogP) is 0.151. The number of nitrogens with zero attached hydrogens (tertiary/aromatic N) is 2. The second-order valence-corrected chi connectivity index (χ2v) is 6.65. The molecule has 0 spiro atoms. The Kier molecular flexibility index (Phi) is 3.39. The van der Waals surface area contributed by atoms with E-state index in [4.69, 9.17) is 5.73 Å². The Balaban J connectivity index is 1.75. The smallest absolute Gasteiger partial charge is 0.234 e. The van der Waals surface area contributed by atoms with Crippen LogP contribution < -0.4 is 5.73 Å². The van der Waals surface area contributed by atoms with Crippen molar-refractivity contribution in [2.75, 3.05) is 19.6 Å². The second-order valence-electron chi connectivity index (χ2n) is 6.65. The van der Waals surface area contributed by atoms with Crippen LogP contribution in [0.15, 0.2) is 11.3 Å². The number of likely N-dealkylation sites (tertiary alicyclic amines) is 1. The number of hydrogen-bond donors (Lipinski definition) is 2. The molecule has 0 saturated carbocycles. The average molecular weight is 279 g/mol. The first kappa shape index (κ1) is 14.0. The van der Waals surface area contributed by atoms with Gasteiger partial charge in [0.15, 0.2) is 0 Å². The summed E-state index contributed by atoms with van der Waals surface area (Å²) >= 11 is 0.